The van der Waals surface area contributed by atoms with Crippen molar-refractivity contribution in [2.45, 2.75) is 19.9 Å². The van der Waals surface area contributed by atoms with Gasteiger partial charge in [0.05, 0.1) is 10.2 Å². The van der Waals surface area contributed by atoms with Crippen LogP contribution in [0.2, 0.25) is 0 Å². The van der Waals surface area contributed by atoms with E-state index in [9.17, 15) is 4.79 Å². The van der Waals surface area contributed by atoms with Crippen molar-refractivity contribution < 1.29 is 4.79 Å². The lowest BCUT2D eigenvalue weighted by molar-refractivity contribution is -0.116. The number of nitrogens with zero attached hydrogens (tertiary/aromatic N) is 3. The molecule has 0 radical (unpaired) electrons. The molecule has 2 aromatic heterocycles. The highest BCUT2D eigenvalue weighted by atomic mass is 32.1. The monoisotopic (exact) mass is 395 g/mol. The van der Waals surface area contributed by atoms with Gasteiger partial charge in [-0.05, 0) is 31.3 Å². The molecule has 2 heterocycles. The molecule has 0 spiro atoms. The molecule has 4 rings (SSSR count). The number of anilines is 1. The third-order valence-electron chi connectivity index (χ3n) is 4.17. The van der Waals surface area contributed by atoms with E-state index in [4.69, 9.17) is 12.2 Å². The molecule has 0 atom stereocenters. The van der Waals surface area contributed by atoms with Gasteiger partial charge in [-0.15, -0.1) is 0 Å². The van der Waals surface area contributed by atoms with Gasteiger partial charge in [-0.1, -0.05) is 53.3 Å². The van der Waals surface area contributed by atoms with E-state index in [1.54, 1.807) is 0 Å². The quantitative estimate of drug-likeness (QED) is 0.486. The summed E-state index contributed by atoms with van der Waals surface area (Å²) in [7, 11) is 0. The molecule has 0 unspecified atom stereocenters. The largest absolute Gasteiger partial charge is 0.302 e. The average Bonchev–Trinajstić information content (AvgIpc) is 3.23. The third-order valence-corrected chi connectivity index (χ3v) is 5.43. The standard InChI is InChI=1S/C19H17N5OS2/c1-12-6-8-13(9-7-12)17-22-23-19(26)24(17)11-10-16(25)21-18-20-14-4-2-3-5-15(14)27-18/h2-9H,10-11H2,1H3,(H,23,26)(H,20,21,25). The Morgan fingerprint density at radius 2 is 2.00 bits per heavy atom. The molecular formula is C19H17N5OS2. The number of aryl methyl sites for hydroxylation is 1. The summed E-state index contributed by atoms with van der Waals surface area (Å²) in [5, 5.41) is 10.6. The fraction of sp³-hybridized carbons (Fsp3) is 0.158. The second-order valence-electron chi connectivity index (χ2n) is 6.15. The van der Waals surface area contributed by atoms with Crippen molar-refractivity contribution in [2.75, 3.05) is 5.32 Å². The van der Waals surface area contributed by atoms with Crippen LogP contribution in [0.25, 0.3) is 21.6 Å². The highest BCUT2D eigenvalue weighted by Crippen LogP contribution is 2.25. The van der Waals surface area contributed by atoms with E-state index in [1.807, 2.05) is 60.0 Å². The number of fused-ring (bicyclic) bond motifs is 1. The van der Waals surface area contributed by atoms with Crippen molar-refractivity contribution in [3.63, 3.8) is 0 Å². The van der Waals surface area contributed by atoms with E-state index >= 15 is 0 Å². The molecule has 0 aliphatic heterocycles. The van der Waals surface area contributed by atoms with Crippen LogP contribution in [0.1, 0.15) is 12.0 Å². The number of carbonyl (C=O) groups excluding carboxylic acids is 1. The van der Waals surface area contributed by atoms with Gasteiger partial charge >= 0.3 is 0 Å². The summed E-state index contributed by atoms with van der Waals surface area (Å²) in [6.07, 6.45) is 0.280. The number of para-hydroxylation sites is 1. The number of nitrogens with one attached hydrogen (secondary N) is 2. The van der Waals surface area contributed by atoms with Crippen molar-refractivity contribution in [3.05, 3.63) is 58.9 Å². The van der Waals surface area contributed by atoms with Crippen LogP contribution in [0.5, 0.6) is 0 Å². The molecular weight excluding hydrogens is 378 g/mol. The molecule has 2 aromatic carbocycles. The highest BCUT2D eigenvalue weighted by Gasteiger charge is 2.12. The van der Waals surface area contributed by atoms with Crippen LogP contribution in [-0.2, 0) is 11.3 Å². The van der Waals surface area contributed by atoms with Gasteiger partial charge in [0.2, 0.25) is 5.91 Å². The van der Waals surface area contributed by atoms with Crippen molar-refractivity contribution in [3.8, 4) is 11.4 Å². The lowest BCUT2D eigenvalue weighted by atomic mass is 10.1. The minimum Gasteiger partial charge on any atom is -0.302 e. The van der Waals surface area contributed by atoms with Crippen LogP contribution in [0.4, 0.5) is 5.13 Å². The summed E-state index contributed by atoms with van der Waals surface area (Å²) in [5.74, 6) is 0.625. The van der Waals surface area contributed by atoms with E-state index in [2.05, 4.69) is 20.5 Å². The van der Waals surface area contributed by atoms with Gasteiger partial charge in [0.25, 0.3) is 0 Å². The van der Waals surface area contributed by atoms with Gasteiger partial charge in [-0.3, -0.25) is 14.5 Å². The molecule has 0 aliphatic carbocycles. The van der Waals surface area contributed by atoms with Crippen LogP contribution in [0, 0.1) is 11.7 Å². The normalized spacial score (nSPS) is 11.0. The first-order chi connectivity index (χ1) is 13.1. The second kappa shape index (κ2) is 7.42. The Morgan fingerprint density at radius 3 is 2.78 bits per heavy atom. The molecule has 4 aromatic rings. The van der Waals surface area contributed by atoms with Gasteiger partial charge in [0.15, 0.2) is 15.7 Å². The van der Waals surface area contributed by atoms with Crippen LogP contribution in [0.3, 0.4) is 0 Å². The predicted molar refractivity (Wildman–Crippen MR) is 110 cm³/mol. The molecule has 6 nitrogen and oxygen atoms in total. The molecule has 1 amide bonds. The minimum absolute atomic E-state index is 0.105. The van der Waals surface area contributed by atoms with Crippen molar-refractivity contribution in [1.82, 2.24) is 19.7 Å². The van der Waals surface area contributed by atoms with Crippen LogP contribution in [0.15, 0.2) is 48.5 Å². The van der Waals surface area contributed by atoms with Gasteiger partial charge in [-0.25, -0.2) is 4.98 Å². The molecule has 0 aliphatic rings. The first-order valence-electron chi connectivity index (χ1n) is 8.48. The van der Waals surface area contributed by atoms with Crippen LogP contribution in [-0.4, -0.2) is 25.7 Å². The lowest BCUT2D eigenvalue weighted by Crippen LogP contribution is -2.15. The van der Waals surface area contributed by atoms with Crippen LogP contribution >= 0.6 is 23.6 Å². The van der Waals surface area contributed by atoms with Gasteiger partial charge in [-0.2, -0.15) is 5.10 Å². The van der Waals surface area contributed by atoms with E-state index in [0.717, 1.165) is 21.6 Å². The van der Waals surface area contributed by atoms with Gasteiger partial charge in [0, 0.05) is 18.5 Å². The number of H-pyrrole nitrogens is 1. The average molecular weight is 396 g/mol. The number of aromatic amines is 1. The topological polar surface area (TPSA) is 75.6 Å². The van der Waals surface area contributed by atoms with Crippen molar-refractivity contribution >= 4 is 44.8 Å². The smallest absolute Gasteiger partial charge is 0.227 e. The molecule has 2 N–H and O–H groups in total. The number of carbonyl (C=O) groups is 1. The number of hydrogen-bond donors (Lipinski definition) is 2. The van der Waals surface area contributed by atoms with E-state index in [0.29, 0.717) is 16.4 Å². The SMILES string of the molecule is Cc1ccc(-c2n[nH]c(=S)n2CCC(=O)Nc2nc3ccccc3s2)cc1. The summed E-state index contributed by atoms with van der Waals surface area (Å²) in [6.45, 7) is 2.47. The molecule has 27 heavy (non-hydrogen) atoms. The summed E-state index contributed by atoms with van der Waals surface area (Å²) >= 11 is 6.79. The zero-order valence-corrected chi connectivity index (χ0v) is 16.2. The molecule has 0 fully saturated rings. The van der Waals surface area contributed by atoms with E-state index < -0.39 is 0 Å². The molecule has 0 bridgehead atoms. The number of aromatic nitrogens is 4. The summed E-state index contributed by atoms with van der Waals surface area (Å²) in [6, 6.07) is 15.9. The maximum absolute atomic E-state index is 12.4. The van der Waals surface area contributed by atoms with Crippen molar-refractivity contribution in [2.24, 2.45) is 0 Å². The maximum atomic E-state index is 12.4. The number of thiazole rings is 1. The minimum atomic E-state index is -0.105. The van der Waals surface area contributed by atoms with Gasteiger partial charge in [0.1, 0.15) is 0 Å². The summed E-state index contributed by atoms with van der Waals surface area (Å²) < 4.78 is 3.39. The first kappa shape index (κ1) is 17.6. The highest BCUT2D eigenvalue weighted by molar-refractivity contribution is 7.71. The Labute approximate surface area is 164 Å². The molecule has 136 valence electrons. The Kier molecular flexibility index (Phi) is 4.83. The Hall–Kier alpha value is -2.84. The Morgan fingerprint density at radius 1 is 1.22 bits per heavy atom. The maximum Gasteiger partial charge on any atom is 0.227 e. The third kappa shape index (κ3) is 3.81. The Bertz CT molecular complexity index is 1120. The zero-order valence-electron chi connectivity index (χ0n) is 14.6. The first-order valence-corrected chi connectivity index (χ1v) is 9.70. The molecule has 8 heteroatoms. The van der Waals surface area contributed by atoms with E-state index in [1.165, 1.54) is 16.9 Å². The second-order valence-corrected chi connectivity index (χ2v) is 7.57. The Balaban J connectivity index is 1.47. The fourth-order valence-corrected chi connectivity index (χ4v) is 3.87. The number of rotatable bonds is 5. The van der Waals surface area contributed by atoms with E-state index in [-0.39, 0.29) is 12.3 Å². The molecule has 0 saturated heterocycles. The zero-order chi connectivity index (χ0) is 18.8. The van der Waals surface area contributed by atoms with Crippen molar-refractivity contribution in [1.29, 1.82) is 0 Å². The lowest BCUT2D eigenvalue weighted by Gasteiger charge is -2.07. The fourth-order valence-electron chi connectivity index (χ4n) is 2.77. The number of hydrogen-bond acceptors (Lipinski definition) is 5. The number of amides is 1. The van der Waals surface area contributed by atoms with Gasteiger partial charge < -0.3 is 5.32 Å². The predicted octanol–water partition coefficient (Wildman–Crippen LogP) is 4.55. The molecule has 0 saturated carbocycles. The van der Waals surface area contributed by atoms with Crippen LogP contribution < -0.4 is 5.32 Å². The summed E-state index contributed by atoms with van der Waals surface area (Å²) in [5.41, 5.74) is 3.02. The summed E-state index contributed by atoms with van der Waals surface area (Å²) in [4.78, 5) is 16.8. The number of benzene rings is 2.